The molecule has 1 aliphatic heterocycles. The topological polar surface area (TPSA) is 82.2 Å². The van der Waals surface area contributed by atoms with Crippen molar-refractivity contribution in [1.82, 2.24) is 19.3 Å². The van der Waals surface area contributed by atoms with Crippen molar-refractivity contribution in [2.45, 2.75) is 18.9 Å². The van der Waals surface area contributed by atoms with Gasteiger partial charge in [0.25, 0.3) is 0 Å². The molecule has 3 heterocycles. The van der Waals surface area contributed by atoms with Crippen LogP contribution in [0.3, 0.4) is 0 Å². The molecule has 1 saturated carbocycles. The first-order chi connectivity index (χ1) is 10.9. The normalized spacial score (nSPS) is 28.3. The van der Waals surface area contributed by atoms with E-state index in [9.17, 15) is 8.42 Å². The molecule has 2 atom stereocenters. The minimum Gasteiger partial charge on any atom is -0.356 e. The first kappa shape index (κ1) is 14.9. The molecule has 1 N–H and O–H groups in total. The Kier molecular flexibility index (Phi) is 3.35. The van der Waals surface area contributed by atoms with Gasteiger partial charge < -0.3 is 9.88 Å². The number of nitrogens with one attached hydrogen (secondary N) is 1. The van der Waals surface area contributed by atoms with Gasteiger partial charge in [-0.15, -0.1) is 0 Å². The fourth-order valence-corrected chi connectivity index (χ4v) is 5.05. The van der Waals surface area contributed by atoms with Gasteiger partial charge in [0.2, 0.25) is 10.0 Å². The maximum atomic E-state index is 11.7. The summed E-state index contributed by atoms with van der Waals surface area (Å²) in [5, 5.41) is 1.03. The van der Waals surface area contributed by atoms with Gasteiger partial charge in [0.15, 0.2) is 0 Å². The maximum absolute atomic E-state index is 11.7. The number of aromatic nitrogens is 3. The van der Waals surface area contributed by atoms with Crippen LogP contribution in [0, 0.1) is 11.8 Å². The van der Waals surface area contributed by atoms with Gasteiger partial charge >= 0.3 is 0 Å². The van der Waals surface area contributed by atoms with E-state index in [1.165, 1.54) is 6.26 Å². The molecule has 2 unspecified atom stereocenters. The van der Waals surface area contributed by atoms with Crippen molar-refractivity contribution in [3.8, 4) is 0 Å². The number of aromatic amines is 1. The number of hydrogen-bond acceptors (Lipinski definition) is 5. The summed E-state index contributed by atoms with van der Waals surface area (Å²) in [4.78, 5) is 14.1. The number of sulfonamides is 1. The molecular formula is C15H21N5O2S. The summed E-state index contributed by atoms with van der Waals surface area (Å²) in [5.74, 6) is 1.86. The molecule has 1 aliphatic carbocycles. The minimum absolute atomic E-state index is 0.403. The Labute approximate surface area is 135 Å². The molecule has 124 valence electrons. The van der Waals surface area contributed by atoms with Crippen molar-refractivity contribution in [2.24, 2.45) is 11.8 Å². The zero-order valence-corrected chi connectivity index (χ0v) is 14.1. The number of H-pyrrole nitrogens is 1. The maximum Gasteiger partial charge on any atom is 0.211 e. The van der Waals surface area contributed by atoms with E-state index >= 15 is 0 Å². The number of rotatable bonds is 3. The summed E-state index contributed by atoms with van der Waals surface area (Å²) in [6.07, 6.45) is 6.81. The van der Waals surface area contributed by atoms with Crippen LogP contribution in [0.5, 0.6) is 0 Å². The molecule has 7 nitrogen and oxygen atoms in total. The van der Waals surface area contributed by atoms with Crippen molar-refractivity contribution >= 4 is 26.9 Å². The molecule has 2 fully saturated rings. The monoisotopic (exact) mass is 335 g/mol. The summed E-state index contributed by atoms with van der Waals surface area (Å²) in [5.41, 5.74) is 0.850. The molecule has 0 aromatic carbocycles. The van der Waals surface area contributed by atoms with Crippen molar-refractivity contribution in [3.63, 3.8) is 0 Å². The highest BCUT2D eigenvalue weighted by Gasteiger charge is 2.44. The molecule has 4 rings (SSSR count). The number of hydrogen-bond donors (Lipinski definition) is 1. The summed E-state index contributed by atoms with van der Waals surface area (Å²) in [6, 6.07) is 2.40. The highest BCUT2D eigenvalue weighted by atomic mass is 32.2. The molecule has 0 radical (unpaired) electrons. The number of anilines is 1. The Hall–Kier alpha value is -1.67. The van der Waals surface area contributed by atoms with Crippen LogP contribution in [0.2, 0.25) is 0 Å². The second-order valence-corrected chi connectivity index (χ2v) is 8.76. The van der Waals surface area contributed by atoms with Crippen LogP contribution < -0.4 is 4.90 Å². The minimum atomic E-state index is -3.06. The lowest BCUT2D eigenvalue weighted by molar-refractivity contribution is 0.436. The van der Waals surface area contributed by atoms with Gasteiger partial charge in [0, 0.05) is 32.4 Å². The summed E-state index contributed by atoms with van der Waals surface area (Å²) < 4.78 is 25.1. The first-order valence-electron chi connectivity index (χ1n) is 7.89. The second kappa shape index (κ2) is 5.17. The Balaban J connectivity index is 1.52. The van der Waals surface area contributed by atoms with E-state index in [1.54, 1.807) is 10.6 Å². The molecule has 0 amide bonds. The van der Waals surface area contributed by atoms with Crippen LogP contribution in [-0.2, 0) is 10.0 Å². The van der Waals surface area contributed by atoms with Crippen molar-refractivity contribution in [1.29, 1.82) is 0 Å². The molecule has 1 saturated heterocycles. The lowest BCUT2D eigenvalue weighted by Gasteiger charge is -2.27. The predicted molar refractivity (Wildman–Crippen MR) is 88.7 cm³/mol. The predicted octanol–water partition coefficient (Wildman–Crippen LogP) is 1.06. The van der Waals surface area contributed by atoms with Crippen LogP contribution in [0.15, 0.2) is 18.6 Å². The summed E-state index contributed by atoms with van der Waals surface area (Å²) >= 11 is 0. The molecule has 2 aliphatic rings. The highest BCUT2D eigenvalue weighted by molar-refractivity contribution is 7.88. The van der Waals surface area contributed by atoms with Gasteiger partial charge in [-0.25, -0.2) is 22.7 Å². The molecule has 0 bridgehead atoms. The van der Waals surface area contributed by atoms with Crippen molar-refractivity contribution in [3.05, 3.63) is 18.6 Å². The SMILES string of the molecule is CN(c1ncnc2[nH]ccc12)C1CC2CN(S(C)(=O)=O)CC2C1. The van der Waals surface area contributed by atoms with Crippen LogP contribution in [-0.4, -0.2) is 60.1 Å². The van der Waals surface area contributed by atoms with Crippen molar-refractivity contribution < 1.29 is 8.42 Å². The van der Waals surface area contributed by atoms with E-state index in [1.807, 2.05) is 12.3 Å². The Morgan fingerprint density at radius 2 is 1.96 bits per heavy atom. The largest absolute Gasteiger partial charge is 0.356 e. The average molecular weight is 335 g/mol. The number of fused-ring (bicyclic) bond motifs is 2. The fourth-order valence-electron chi connectivity index (χ4n) is 4.12. The van der Waals surface area contributed by atoms with E-state index in [2.05, 4.69) is 26.9 Å². The third-order valence-corrected chi connectivity index (χ3v) is 6.61. The number of nitrogens with zero attached hydrogens (tertiary/aromatic N) is 4. The lowest BCUT2D eigenvalue weighted by Crippen LogP contribution is -2.34. The van der Waals surface area contributed by atoms with Gasteiger partial charge in [-0.3, -0.25) is 0 Å². The standard InChI is InChI=1S/C15H21N5O2S/c1-19(15-13-3-4-16-14(13)17-9-18-15)12-5-10-7-20(23(2,21)22)8-11(10)6-12/h3-4,9-12H,5-8H2,1-2H3,(H,16,17,18). The molecule has 23 heavy (non-hydrogen) atoms. The Bertz CT molecular complexity index is 819. The highest BCUT2D eigenvalue weighted by Crippen LogP contribution is 2.41. The second-order valence-electron chi connectivity index (χ2n) is 6.77. The zero-order valence-electron chi connectivity index (χ0n) is 13.3. The van der Waals surface area contributed by atoms with E-state index < -0.39 is 10.0 Å². The fraction of sp³-hybridized carbons (Fsp3) is 0.600. The van der Waals surface area contributed by atoms with E-state index in [0.29, 0.717) is 31.0 Å². The van der Waals surface area contributed by atoms with Crippen LogP contribution >= 0.6 is 0 Å². The van der Waals surface area contributed by atoms with Crippen LogP contribution in [0.1, 0.15) is 12.8 Å². The van der Waals surface area contributed by atoms with Gasteiger partial charge in [0.1, 0.15) is 17.8 Å². The van der Waals surface area contributed by atoms with Gasteiger partial charge in [-0.1, -0.05) is 0 Å². The molecule has 8 heteroatoms. The lowest BCUT2D eigenvalue weighted by atomic mass is 10.0. The van der Waals surface area contributed by atoms with E-state index in [0.717, 1.165) is 29.7 Å². The Morgan fingerprint density at radius 3 is 2.61 bits per heavy atom. The van der Waals surface area contributed by atoms with Gasteiger partial charge in [-0.2, -0.15) is 0 Å². The first-order valence-corrected chi connectivity index (χ1v) is 9.74. The average Bonchev–Trinajstić information content (AvgIpc) is 3.18. The quantitative estimate of drug-likeness (QED) is 0.907. The molecule has 0 spiro atoms. The summed E-state index contributed by atoms with van der Waals surface area (Å²) in [7, 11) is -0.983. The molecule has 2 aromatic heterocycles. The zero-order chi connectivity index (χ0) is 16.2. The van der Waals surface area contributed by atoms with Crippen LogP contribution in [0.4, 0.5) is 5.82 Å². The smallest absolute Gasteiger partial charge is 0.211 e. The molecular weight excluding hydrogens is 314 g/mol. The molecule has 2 aromatic rings. The third kappa shape index (κ3) is 2.49. The summed E-state index contributed by atoms with van der Waals surface area (Å²) in [6.45, 7) is 1.33. The Morgan fingerprint density at radius 1 is 1.26 bits per heavy atom. The van der Waals surface area contributed by atoms with E-state index in [4.69, 9.17) is 0 Å². The van der Waals surface area contributed by atoms with Crippen molar-refractivity contribution in [2.75, 3.05) is 31.3 Å². The third-order valence-electron chi connectivity index (χ3n) is 5.38. The van der Waals surface area contributed by atoms with Crippen LogP contribution in [0.25, 0.3) is 11.0 Å². The van der Waals surface area contributed by atoms with Gasteiger partial charge in [0.05, 0.1) is 11.6 Å². The van der Waals surface area contributed by atoms with E-state index in [-0.39, 0.29) is 0 Å². The van der Waals surface area contributed by atoms with Gasteiger partial charge in [-0.05, 0) is 30.7 Å².